The van der Waals surface area contributed by atoms with Crippen LogP contribution in [0.1, 0.15) is 36.0 Å². The Labute approximate surface area is 147 Å². The number of piperidine rings is 1. The first-order valence-corrected chi connectivity index (χ1v) is 9.00. The first kappa shape index (κ1) is 16.3. The van der Waals surface area contributed by atoms with E-state index >= 15 is 0 Å². The third-order valence-electron chi connectivity index (χ3n) is 4.99. The molecule has 1 aromatic carbocycles. The van der Waals surface area contributed by atoms with Crippen molar-refractivity contribution in [2.24, 2.45) is 0 Å². The minimum Gasteiger partial charge on any atom is -0.384 e. The van der Waals surface area contributed by atoms with Crippen molar-refractivity contribution in [3.05, 3.63) is 47.7 Å². The van der Waals surface area contributed by atoms with Gasteiger partial charge < -0.3 is 9.72 Å². The lowest BCUT2D eigenvalue weighted by molar-refractivity contribution is 0.196. The second-order valence-corrected chi connectivity index (χ2v) is 6.86. The van der Waals surface area contributed by atoms with Gasteiger partial charge in [-0.3, -0.25) is 10.00 Å². The number of benzene rings is 1. The van der Waals surface area contributed by atoms with Crippen LogP contribution in [0.4, 0.5) is 0 Å². The summed E-state index contributed by atoms with van der Waals surface area (Å²) in [6.45, 7) is 3.82. The highest BCUT2D eigenvalue weighted by Crippen LogP contribution is 2.26. The van der Waals surface area contributed by atoms with Gasteiger partial charge >= 0.3 is 0 Å². The smallest absolute Gasteiger partial charge is 0.155 e. The molecule has 0 radical (unpaired) electrons. The molecule has 1 aliphatic heterocycles. The summed E-state index contributed by atoms with van der Waals surface area (Å²) in [5.41, 5.74) is 2.56. The van der Waals surface area contributed by atoms with E-state index in [1.165, 1.54) is 22.9 Å². The normalized spacial score (nSPS) is 18.8. The van der Waals surface area contributed by atoms with Crippen molar-refractivity contribution in [1.82, 2.24) is 25.1 Å². The number of hydrogen-bond acceptors (Lipinski definition) is 4. The molecule has 3 aromatic rings. The van der Waals surface area contributed by atoms with E-state index in [-0.39, 0.29) is 0 Å². The van der Waals surface area contributed by atoms with Gasteiger partial charge in [0.1, 0.15) is 5.82 Å². The predicted molar refractivity (Wildman–Crippen MR) is 97.5 cm³/mol. The van der Waals surface area contributed by atoms with Crippen molar-refractivity contribution < 1.29 is 4.74 Å². The fourth-order valence-corrected chi connectivity index (χ4v) is 3.67. The van der Waals surface area contributed by atoms with Crippen LogP contribution in [0.3, 0.4) is 0 Å². The molecule has 6 nitrogen and oxygen atoms in total. The van der Waals surface area contributed by atoms with Crippen LogP contribution in [-0.4, -0.2) is 51.9 Å². The summed E-state index contributed by atoms with van der Waals surface area (Å²) in [6, 6.07) is 8.81. The number of hydrogen-bond donors (Lipinski definition) is 2. The summed E-state index contributed by atoms with van der Waals surface area (Å²) in [5.74, 6) is 2.29. The van der Waals surface area contributed by atoms with E-state index < -0.39 is 0 Å². The zero-order valence-electron chi connectivity index (χ0n) is 14.7. The number of likely N-dealkylation sites (tertiary alicyclic amines) is 1. The summed E-state index contributed by atoms with van der Waals surface area (Å²) in [6.07, 6.45) is 5.14. The number of rotatable bonds is 6. The van der Waals surface area contributed by atoms with Crippen LogP contribution >= 0.6 is 0 Å². The molecule has 0 bridgehead atoms. The van der Waals surface area contributed by atoms with Crippen LogP contribution in [-0.2, 0) is 17.7 Å². The molecule has 0 saturated carbocycles. The van der Waals surface area contributed by atoms with Gasteiger partial charge in [-0.15, -0.1) is 0 Å². The van der Waals surface area contributed by atoms with Crippen molar-refractivity contribution in [3.8, 4) is 0 Å². The summed E-state index contributed by atoms with van der Waals surface area (Å²) in [7, 11) is 1.71. The number of nitrogens with zero attached hydrogens (tertiary/aromatic N) is 3. The van der Waals surface area contributed by atoms with Gasteiger partial charge in [0.25, 0.3) is 0 Å². The van der Waals surface area contributed by atoms with E-state index in [1.54, 1.807) is 7.11 Å². The Morgan fingerprint density at radius 1 is 1.32 bits per heavy atom. The van der Waals surface area contributed by atoms with Crippen molar-refractivity contribution >= 4 is 10.9 Å². The third-order valence-corrected chi connectivity index (χ3v) is 4.99. The van der Waals surface area contributed by atoms with E-state index in [1.807, 2.05) is 6.20 Å². The van der Waals surface area contributed by atoms with Crippen LogP contribution in [0, 0.1) is 0 Å². The molecule has 1 saturated heterocycles. The number of H-pyrrole nitrogens is 2. The van der Waals surface area contributed by atoms with Gasteiger partial charge in [-0.05, 0) is 48.5 Å². The third kappa shape index (κ3) is 3.75. The lowest BCUT2D eigenvalue weighted by Crippen LogP contribution is -2.34. The molecule has 0 aliphatic carbocycles. The van der Waals surface area contributed by atoms with E-state index in [0.717, 1.165) is 44.1 Å². The summed E-state index contributed by atoms with van der Waals surface area (Å²) in [4.78, 5) is 10.4. The fourth-order valence-electron chi connectivity index (χ4n) is 3.67. The van der Waals surface area contributed by atoms with E-state index in [2.05, 4.69) is 49.3 Å². The number of ether oxygens (including phenoxy) is 1. The molecule has 4 rings (SSSR count). The highest BCUT2D eigenvalue weighted by atomic mass is 16.5. The summed E-state index contributed by atoms with van der Waals surface area (Å²) >= 11 is 0. The first-order valence-electron chi connectivity index (χ1n) is 9.00. The Hall–Kier alpha value is -2.18. The monoisotopic (exact) mass is 339 g/mol. The second kappa shape index (κ2) is 7.37. The van der Waals surface area contributed by atoms with Crippen molar-refractivity contribution in [3.63, 3.8) is 0 Å². The average Bonchev–Trinajstić information content (AvgIpc) is 3.29. The molecule has 0 spiro atoms. The molecule has 1 fully saturated rings. The van der Waals surface area contributed by atoms with Crippen LogP contribution in [0.2, 0.25) is 0 Å². The lowest BCUT2D eigenvalue weighted by atomic mass is 9.97. The molecule has 132 valence electrons. The summed E-state index contributed by atoms with van der Waals surface area (Å²) < 4.78 is 5.11. The Kier molecular flexibility index (Phi) is 4.81. The van der Waals surface area contributed by atoms with Crippen molar-refractivity contribution in [2.75, 3.05) is 26.8 Å². The van der Waals surface area contributed by atoms with Crippen molar-refractivity contribution in [2.45, 2.75) is 31.7 Å². The molecule has 25 heavy (non-hydrogen) atoms. The topological polar surface area (TPSA) is 69.8 Å². The molecular weight excluding hydrogens is 314 g/mol. The molecule has 6 heteroatoms. The van der Waals surface area contributed by atoms with E-state index in [4.69, 9.17) is 4.74 Å². The minimum absolute atomic E-state index is 0.414. The maximum absolute atomic E-state index is 5.11. The average molecular weight is 339 g/mol. The predicted octanol–water partition coefficient (Wildman–Crippen LogP) is 2.85. The molecule has 1 atom stereocenters. The van der Waals surface area contributed by atoms with E-state index in [0.29, 0.717) is 12.5 Å². The highest BCUT2D eigenvalue weighted by molar-refractivity contribution is 5.79. The van der Waals surface area contributed by atoms with Crippen LogP contribution in [0.15, 0.2) is 30.5 Å². The Morgan fingerprint density at radius 3 is 3.20 bits per heavy atom. The molecule has 1 unspecified atom stereocenters. The zero-order chi connectivity index (χ0) is 17.1. The molecular formula is C19H25N5O. The molecule has 1 aliphatic rings. The SMILES string of the molecule is COCCc1nc(C2CCCN(Cc3ccc4[nH]ccc4c3)C2)n[nH]1. The Morgan fingerprint density at radius 2 is 2.28 bits per heavy atom. The maximum atomic E-state index is 5.11. The number of fused-ring (bicyclic) bond motifs is 1. The number of nitrogens with one attached hydrogen (secondary N) is 2. The molecule has 2 N–H and O–H groups in total. The van der Waals surface area contributed by atoms with Gasteiger partial charge in [0.2, 0.25) is 0 Å². The lowest BCUT2D eigenvalue weighted by Gasteiger charge is -2.31. The number of methoxy groups -OCH3 is 1. The van der Waals surface area contributed by atoms with Gasteiger partial charge in [-0.1, -0.05) is 6.07 Å². The quantitative estimate of drug-likeness (QED) is 0.724. The van der Waals surface area contributed by atoms with Gasteiger partial charge in [0.05, 0.1) is 6.61 Å². The fraction of sp³-hybridized carbons (Fsp3) is 0.474. The van der Waals surface area contributed by atoms with Gasteiger partial charge in [-0.25, -0.2) is 4.98 Å². The Bertz CT molecular complexity index is 824. The molecule has 2 aromatic heterocycles. The van der Waals surface area contributed by atoms with Gasteiger partial charge in [0.15, 0.2) is 5.82 Å². The summed E-state index contributed by atoms with van der Waals surface area (Å²) in [5, 5.41) is 8.78. The van der Waals surface area contributed by atoms with Crippen LogP contribution < -0.4 is 0 Å². The zero-order valence-corrected chi connectivity index (χ0v) is 14.7. The second-order valence-electron chi connectivity index (χ2n) is 6.86. The first-order chi connectivity index (χ1) is 12.3. The van der Waals surface area contributed by atoms with Crippen molar-refractivity contribution in [1.29, 1.82) is 0 Å². The van der Waals surface area contributed by atoms with Crippen LogP contribution in [0.25, 0.3) is 10.9 Å². The van der Waals surface area contributed by atoms with E-state index in [9.17, 15) is 0 Å². The maximum Gasteiger partial charge on any atom is 0.155 e. The van der Waals surface area contributed by atoms with Gasteiger partial charge in [-0.2, -0.15) is 5.10 Å². The number of aromatic nitrogens is 4. The largest absolute Gasteiger partial charge is 0.384 e. The minimum atomic E-state index is 0.414. The molecule has 0 amide bonds. The molecule has 3 heterocycles. The Balaban J connectivity index is 1.41. The standard InChI is InChI=1S/C19H25N5O/c1-25-10-7-18-21-19(23-22-18)16-3-2-9-24(13-16)12-14-4-5-17-15(11-14)6-8-20-17/h4-6,8,11,16,20H,2-3,7,9-10,12-13H2,1H3,(H,21,22,23). The highest BCUT2D eigenvalue weighted by Gasteiger charge is 2.24. The number of aromatic amines is 2. The van der Waals surface area contributed by atoms with Gasteiger partial charge in [0, 0.05) is 44.3 Å². The van der Waals surface area contributed by atoms with Crippen LogP contribution in [0.5, 0.6) is 0 Å².